The normalized spacial score (nSPS) is 14.2. The lowest BCUT2D eigenvalue weighted by Gasteiger charge is -2.14. The van der Waals surface area contributed by atoms with E-state index in [-0.39, 0.29) is 11.1 Å². The summed E-state index contributed by atoms with van der Waals surface area (Å²) in [5, 5.41) is 24.5. The van der Waals surface area contributed by atoms with Crippen LogP contribution in [-0.4, -0.2) is 36.6 Å². The minimum atomic E-state index is 0.202. The molecular weight excluding hydrogens is 398 g/mol. The third-order valence-corrected chi connectivity index (χ3v) is 6.01. The van der Waals surface area contributed by atoms with Crippen molar-refractivity contribution in [2.24, 2.45) is 13.0 Å². The molecule has 30 heavy (non-hydrogen) atoms. The van der Waals surface area contributed by atoms with Crippen molar-refractivity contribution in [1.29, 1.82) is 10.8 Å². The number of ether oxygens (including phenoxy) is 1. The predicted molar refractivity (Wildman–Crippen MR) is 122 cm³/mol. The fraction of sp³-hybridized carbons (Fsp3) is 0.381. The lowest BCUT2D eigenvalue weighted by Crippen LogP contribution is -2.14. The molecule has 3 aromatic rings. The minimum Gasteiger partial charge on any atom is -0.491 e. The zero-order valence-corrected chi connectivity index (χ0v) is 17.9. The molecule has 0 aliphatic heterocycles. The molecule has 9 heteroatoms. The number of pyridine rings is 2. The molecule has 0 saturated heterocycles. The molecule has 8 nitrogen and oxygen atoms in total. The van der Waals surface area contributed by atoms with E-state index in [9.17, 15) is 0 Å². The maximum absolute atomic E-state index is 8.26. The number of hydrogen-bond acceptors (Lipinski definition) is 7. The lowest BCUT2D eigenvalue weighted by molar-refractivity contribution is 0.345. The van der Waals surface area contributed by atoms with Gasteiger partial charge in [-0.3, -0.25) is 20.5 Å². The molecule has 1 aliphatic carbocycles. The molecular formula is C21H25N7OS. The number of aryl methyl sites for hydroxylation is 1. The van der Waals surface area contributed by atoms with Crippen LogP contribution < -0.4 is 10.1 Å². The van der Waals surface area contributed by atoms with Gasteiger partial charge in [0.2, 0.25) is 0 Å². The van der Waals surface area contributed by atoms with E-state index < -0.39 is 0 Å². The summed E-state index contributed by atoms with van der Waals surface area (Å²) in [5.41, 5.74) is 3.08. The van der Waals surface area contributed by atoms with Gasteiger partial charge in [0.05, 0.1) is 23.4 Å². The molecule has 0 radical (unpaired) electrons. The van der Waals surface area contributed by atoms with E-state index in [1.807, 2.05) is 26.2 Å². The Morgan fingerprint density at radius 1 is 1.27 bits per heavy atom. The lowest BCUT2D eigenvalue weighted by atomic mass is 10.1. The number of nitrogens with zero attached hydrogens (tertiary/aromatic N) is 4. The molecule has 1 saturated carbocycles. The summed E-state index contributed by atoms with van der Waals surface area (Å²) in [4.78, 5) is 9.21. The number of rotatable bonds is 5. The molecule has 3 N–H and O–H groups in total. The molecule has 4 rings (SSSR count). The Morgan fingerprint density at radius 3 is 2.77 bits per heavy atom. The van der Waals surface area contributed by atoms with Gasteiger partial charge in [-0.05, 0) is 43.7 Å². The molecule has 3 aromatic heterocycles. The molecule has 3 heterocycles. The van der Waals surface area contributed by atoms with Crippen molar-refractivity contribution in [3.05, 3.63) is 30.7 Å². The Kier molecular flexibility index (Phi) is 5.98. The molecule has 0 aromatic carbocycles. The monoisotopic (exact) mass is 423 g/mol. The average molecular weight is 424 g/mol. The standard InChI is InChI=1S/C21H25N7OS/c1-3-29-19-15(14-10-25-28(2)12-14)11-24-16-8-9-17(26-18(16)19)27-21(23)30-20(22)13-6-4-5-7-13/h8-13,22H,3-7H2,1-2H3,(H2,23,26,27). The first-order chi connectivity index (χ1) is 14.5. The van der Waals surface area contributed by atoms with Gasteiger partial charge in [0.15, 0.2) is 10.9 Å². The Labute approximate surface area is 179 Å². The van der Waals surface area contributed by atoms with Gasteiger partial charge in [-0.15, -0.1) is 0 Å². The molecule has 156 valence electrons. The second kappa shape index (κ2) is 8.83. The van der Waals surface area contributed by atoms with E-state index in [1.165, 1.54) is 24.6 Å². The third-order valence-electron chi connectivity index (χ3n) is 5.15. The zero-order chi connectivity index (χ0) is 21.1. The van der Waals surface area contributed by atoms with Crippen LogP contribution >= 0.6 is 11.8 Å². The van der Waals surface area contributed by atoms with Gasteiger partial charge in [0, 0.05) is 36.5 Å². The largest absolute Gasteiger partial charge is 0.491 e. The van der Waals surface area contributed by atoms with Gasteiger partial charge in [-0.25, -0.2) is 4.98 Å². The summed E-state index contributed by atoms with van der Waals surface area (Å²) in [5.74, 6) is 1.47. The predicted octanol–water partition coefficient (Wildman–Crippen LogP) is 4.68. The van der Waals surface area contributed by atoms with Gasteiger partial charge < -0.3 is 10.1 Å². The fourth-order valence-corrected chi connectivity index (χ4v) is 4.47. The summed E-state index contributed by atoms with van der Waals surface area (Å²) in [6.45, 7) is 2.43. The Hall–Kier alpha value is -2.94. The Bertz CT molecular complexity index is 1090. The number of thioether (sulfide) groups is 1. The van der Waals surface area contributed by atoms with Gasteiger partial charge >= 0.3 is 0 Å². The van der Waals surface area contributed by atoms with Crippen LogP contribution in [0.1, 0.15) is 32.6 Å². The van der Waals surface area contributed by atoms with Gasteiger partial charge in [0.25, 0.3) is 0 Å². The summed E-state index contributed by atoms with van der Waals surface area (Å²) < 4.78 is 7.68. The summed E-state index contributed by atoms with van der Waals surface area (Å²) in [6, 6.07) is 3.66. The number of aromatic nitrogens is 4. The van der Waals surface area contributed by atoms with Crippen molar-refractivity contribution >= 4 is 38.8 Å². The quantitative estimate of drug-likeness (QED) is 0.406. The van der Waals surface area contributed by atoms with Crippen LogP contribution in [0.5, 0.6) is 5.75 Å². The van der Waals surface area contributed by atoms with E-state index in [2.05, 4.69) is 20.4 Å². The van der Waals surface area contributed by atoms with Crippen molar-refractivity contribution in [3.63, 3.8) is 0 Å². The molecule has 0 spiro atoms. The highest BCUT2D eigenvalue weighted by Gasteiger charge is 2.21. The smallest absolute Gasteiger partial charge is 0.165 e. The van der Waals surface area contributed by atoms with Crippen LogP contribution in [0, 0.1) is 16.7 Å². The first-order valence-corrected chi connectivity index (χ1v) is 10.9. The molecule has 0 bridgehead atoms. The molecule has 0 atom stereocenters. The molecule has 1 aliphatic rings. The van der Waals surface area contributed by atoms with E-state index in [0.29, 0.717) is 28.7 Å². The fourth-order valence-electron chi connectivity index (χ4n) is 3.69. The number of nitrogens with one attached hydrogen (secondary N) is 3. The van der Waals surface area contributed by atoms with E-state index >= 15 is 0 Å². The van der Waals surface area contributed by atoms with Crippen LogP contribution in [-0.2, 0) is 7.05 Å². The van der Waals surface area contributed by atoms with Gasteiger partial charge in [-0.1, -0.05) is 12.8 Å². The summed E-state index contributed by atoms with van der Waals surface area (Å²) >= 11 is 1.17. The van der Waals surface area contributed by atoms with Crippen molar-refractivity contribution in [1.82, 2.24) is 19.7 Å². The highest BCUT2D eigenvalue weighted by Crippen LogP contribution is 2.35. The first-order valence-electron chi connectivity index (χ1n) is 10.1. The van der Waals surface area contributed by atoms with Crippen LogP contribution in [0.3, 0.4) is 0 Å². The topological polar surface area (TPSA) is 113 Å². The van der Waals surface area contributed by atoms with Crippen LogP contribution in [0.2, 0.25) is 0 Å². The SMILES string of the molecule is CCOc1c(-c2cnn(C)c2)cnc2ccc(NC(=N)SC(=N)C3CCCC3)nc12. The second-order valence-corrected chi connectivity index (χ2v) is 8.35. The van der Waals surface area contributed by atoms with Crippen molar-refractivity contribution < 1.29 is 4.74 Å². The van der Waals surface area contributed by atoms with Crippen LogP contribution in [0.15, 0.2) is 30.7 Å². The summed E-state index contributed by atoms with van der Waals surface area (Å²) in [6.07, 6.45) is 9.91. The summed E-state index contributed by atoms with van der Waals surface area (Å²) in [7, 11) is 1.87. The number of fused-ring (bicyclic) bond motifs is 1. The van der Waals surface area contributed by atoms with E-state index in [1.54, 1.807) is 23.1 Å². The number of anilines is 1. The van der Waals surface area contributed by atoms with Crippen LogP contribution in [0.4, 0.5) is 5.82 Å². The minimum absolute atomic E-state index is 0.202. The van der Waals surface area contributed by atoms with Crippen molar-refractivity contribution in [2.75, 3.05) is 11.9 Å². The van der Waals surface area contributed by atoms with Crippen LogP contribution in [0.25, 0.3) is 22.2 Å². The first kappa shape index (κ1) is 20.3. The van der Waals surface area contributed by atoms with Crippen molar-refractivity contribution in [2.45, 2.75) is 32.6 Å². The Balaban J connectivity index is 1.61. The molecule has 1 fully saturated rings. The number of hydrogen-bond donors (Lipinski definition) is 3. The average Bonchev–Trinajstić information content (AvgIpc) is 3.40. The van der Waals surface area contributed by atoms with Gasteiger partial charge in [-0.2, -0.15) is 5.10 Å². The number of amidine groups is 1. The highest BCUT2D eigenvalue weighted by molar-refractivity contribution is 8.26. The Morgan fingerprint density at radius 2 is 2.07 bits per heavy atom. The van der Waals surface area contributed by atoms with Gasteiger partial charge in [0.1, 0.15) is 11.3 Å². The zero-order valence-electron chi connectivity index (χ0n) is 17.1. The second-order valence-electron chi connectivity index (χ2n) is 7.30. The molecule has 0 amide bonds. The van der Waals surface area contributed by atoms with E-state index in [0.717, 1.165) is 29.5 Å². The maximum Gasteiger partial charge on any atom is 0.165 e. The highest BCUT2D eigenvalue weighted by atomic mass is 32.2. The van der Waals surface area contributed by atoms with E-state index in [4.69, 9.17) is 15.6 Å². The van der Waals surface area contributed by atoms with Crippen molar-refractivity contribution in [3.8, 4) is 16.9 Å². The molecule has 0 unspecified atom stereocenters. The third kappa shape index (κ3) is 4.30. The maximum atomic E-state index is 8.26.